The Morgan fingerprint density at radius 3 is 2.65 bits per heavy atom. The van der Waals surface area contributed by atoms with Gasteiger partial charge in [-0.1, -0.05) is 12.1 Å². The largest absolute Gasteiger partial charge is 0.493 e. The van der Waals surface area contributed by atoms with Crippen LogP contribution in [0, 0.1) is 0 Å². The Bertz CT molecular complexity index is 328. The average molecular weight is 239 g/mol. The summed E-state index contributed by atoms with van der Waals surface area (Å²) in [6, 6.07) is 5.86. The van der Waals surface area contributed by atoms with E-state index >= 15 is 0 Å². The van der Waals surface area contributed by atoms with Gasteiger partial charge >= 0.3 is 0 Å². The SMILES string of the molecule is COCCCOc1c(CCN)cccc1OC. The second-order valence-electron chi connectivity index (χ2n) is 3.68. The summed E-state index contributed by atoms with van der Waals surface area (Å²) in [5.41, 5.74) is 6.67. The first-order valence-corrected chi connectivity index (χ1v) is 5.81. The highest BCUT2D eigenvalue weighted by molar-refractivity contribution is 5.46. The molecule has 1 aromatic carbocycles. The van der Waals surface area contributed by atoms with Gasteiger partial charge in [0.05, 0.1) is 13.7 Å². The first-order valence-electron chi connectivity index (χ1n) is 5.81. The van der Waals surface area contributed by atoms with Crippen LogP contribution < -0.4 is 15.2 Å². The molecule has 17 heavy (non-hydrogen) atoms. The van der Waals surface area contributed by atoms with Crippen molar-refractivity contribution in [3.63, 3.8) is 0 Å². The molecule has 4 heteroatoms. The standard InChI is InChI=1S/C13H21NO3/c1-15-9-4-10-17-13-11(7-8-14)5-3-6-12(13)16-2/h3,5-6H,4,7-10,14H2,1-2H3. The van der Waals surface area contributed by atoms with E-state index in [9.17, 15) is 0 Å². The first kappa shape index (κ1) is 13.8. The predicted molar refractivity (Wildman–Crippen MR) is 67.7 cm³/mol. The van der Waals surface area contributed by atoms with Gasteiger partial charge in [-0.05, 0) is 24.6 Å². The molecule has 0 aliphatic heterocycles. The molecule has 0 heterocycles. The summed E-state index contributed by atoms with van der Waals surface area (Å²) in [7, 11) is 3.33. The normalized spacial score (nSPS) is 10.3. The van der Waals surface area contributed by atoms with Crippen LogP contribution in [0.25, 0.3) is 0 Å². The number of hydrogen-bond acceptors (Lipinski definition) is 4. The lowest BCUT2D eigenvalue weighted by Gasteiger charge is -2.14. The fourth-order valence-corrected chi connectivity index (χ4v) is 1.62. The summed E-state index contributed by atoms with van der Waals surface area (Å²) < 4.78 is 16.0. The quantitative estimate of drug-likeness (QED) is 0.700. The Morgan fingerprint density at radius 1 is 1.18 bits per heavy atom. The Labute approximate surface area is 103 Å². The number of rotatable bonds is 8. The number of para-hydroxylation sites is 1. The van der Waals surface area contributed by atoms with Crippen LogP contribution in [-0.4, -0.2) is 34.0 Å². The van der Waals surface area contributed by atoms with Crippen molar-refractivity contribution in [1.82, 2.24) is 0 Å². The number of nitrogens with two attached hydrogens (primary N) is 1. The van der Waals surface area contributed by atoms with Gasteiger partial charge in [0.25, 0.3) is 0 Å². The van der Waals surface area contributed by atoms with Crippen LogP contribution in [-0.2, 0) is 11.2 Å². The molecule has 96 valence electrons. The third kappa shape index (κ3) is 4.24. The van der Waals surface area contributed by atoms with Gasteiger partial charge in [0.1, 0.15) is 0 Å². The van der Waals surface area contributed by atoms with Crippen LogP contribution in [0.5, 0.6) is 11.5 Å². The van der Waals surface area contributed by atoms with Crippen LogP contribution in [0.15, 0.2) is 18.2 Å². The number of hydrogen-bond donors (Lipinski definition) is 1. The molecule has 1 rings (SSSR count). The van der Waals surface area contributed by atoms with E-state index in [1.165, 1.54) is 0 Å². The second-order valence-corrected chi connectivity index (χ2v) is 3.68. The summed E-state index contributed by atoms with van der Waals surface area (Å²) in [6.45, 7) is 1.91. The fourth-order valence-electron chi connectivity index (χ4n) is 1.62. The molecule has 0 aromatic heterocycles. The summed E-state index contributed by atoms with van der Waals surface area (Å²) in [5, 5.41) is 0. The first-order chi connectivity index (χ1) is 8.33. The van der Waals surface area contributed by atoms with Gasteiger partial charge in [-0.2, -0.15) is 0 Å². The van der Waals surface area contributed by atoms with Gasteiger partial charge in [-0.15, -0.1) is 0 Å². The maximum absolute atomic E-state index is 5.75. The third-order valence-electron chi connectivity index (χ3n) is 2.43. The minimum absolute atomic E-state index is 0.599. The van der Waals surface area contributed by atoms with Crippen LogP contribution >= 0.6 is 0 Å². The Morgan fingerprint density at radius 2 is 2.00 bits per heavy atom. The van der Waals surface area contributed by atoms with E-state index < -0.39 is 0 Å². The van der Waals surface area contributed by atoms with Gasteiger partial charge in [0, 0.05) is 20.1 Å². The zero-order valence-corrected chi connectivity index (χ0v) is 10.6. The molecule has 0 spiro atoms. The molecule has 0 radical (unpaired) electrons. The fraction of sp³-hybridized carbons (Fsp3) is 0.538. The molecule has 0 aliphatic carbocycles. The molecule has 0 amide bonds. The maximum Gasteiger partial charge on any atom is 0.164 e. The van der Waals surface area contributed by atoms with Crippen LogP contribution in [0.4, 0.5) is 0 Å². The lowest BCUT2D eigenvalue weighted by atomic mass is 10.1. The Balaban J connectivity index is 2.70. The average Bonchev–Trinajstić information content (AvgIpc) is 2.36. The van der Waals surface area contributed by atoms with E-state index in [1.807, 2.05) is 18.2 Å². The molecule has 4 nitrogen and oxygen atoms in total. The van der Waals surface area contributed by atoms with Crippen molar-refractivity contribution in [3.8, 4) is 11.5 Å². The van der Waals surface area contributed by atoms with E-state index in [0.717, 1.165) is 29.9 Å². The van der Waals surface area contributed by atoms with E-state index in [1.54, 1.807) is 14.2 Å². The van der Waals surface area contributed by atoms with E-state index in [0.29, 0.717) is 19.8 Å². The number of methoxy groups -OCH3 is 2. The second kappa shape index (κ2) is 7.92. The van der Waals surface area contributed by atoms with Crippen molar-refractivity contribution in [2.75, 3.05) is 34.0 Å². The highest BCUT2D eigenvalue weighted by Crippen LogP contribution is 2.31. The highest BCUT2D eigenvalue weighted by Gasteiger charge is 2.09. The maximum atomic E-state index is 5.75. The Hall–Kier alpha value is -1.26. The van der Waals surface area contributed by atoms with Crippen LogP contribution in [0.1, 0.15) is 12.0 Å². The molecule has 0 aliphatic rings. The van der Waals surface area contributed by atoms with E-state index in [-0.39, 0.29) is 0 Å². The topological polar surface area (TPSA) is 53.7 Å². The van der Waals surface area contributed by atoms with Crippen molar-refractivity contribution < 1.29 is 14.2 Å². The minimum atomic E-state index is 0.599. The van der Waals surface area contributed by atoms with Gasteiger partial charge in [0.15, 0.2) is 11.5 Å². The zero-order chi connectivity index (χ0) is 12.5. The monoisotopic (exact) mass is 239 g/mol. The molecule has 2 N–H and O–H groups in total. The molecule has 0 saturated carbocycles. The van der Waals surface area contributed by atoms with Crippen molar-refractivity contribution in [3.05, 3.63) is 23.8 Å². The summed E-state index contributed by atoms with van der Waals surface area (Å²) >= 11 is 0. The molecular weight excluding hydrogens is 218 g/mol. The van der Waals surface area contributed by atoms with Crippen LogP contribution in [0.3, 0.4) is 0 Å². The third-order valence-corrected chi connectivity index (χ3v) is 2.43. The summed E-state index contributed by atoms with van der Waals surface area (Å²) in [5.74, 6) is 1.56. The van der Waals surface area contributed by atoms with Gasteiger partial charge in [0.2, 0.25) is 0 Å². The minimum Gasteiger partial charge on any atom is -0.493 e. The van der Waals surface area contributed by atoms with Gasteiger partial charge < -0.3 is 19.9 Å². The molecule has 0 bridgehead atoms. The summed E-state index contributed by atoms with van der Waals surface area (Å²) in [6.07, 6.45) is 1.65. The predicted octanol–water partition coefficient (Wildman–Crippen LogP) is 1.61. The number of ether oxygens (including phenoxy) is 3. The van der Waals surface area contributed by atoms with Crippen molar-refractivity contribution in [1.29, 1.82) is 0 Å². The lowest BCUT2D eigenvalue weighted by molar-refractivity contribution is 0.170. The molecular formula is C13H21NO3. The van der Waals surface area contributed by atoms with Crippen LogP contribution in [0.2, 0.25) is 0 Å². The van der Waals surface area contributed by atoms with Crippen molar-refractivity contribution in [2.24, 2.45) is 5.73 Å². The highest BCUT2D eigenvalue weighted by atomic mass is 16.5. The lowest BCUT2D eigenvalue weighted by Crippen LogP contribution is -2.08. The molecule has 0 saturated heterocycles. The molecule has 0 atom stereocenters. The molecule has 1 aromatic rings. The summed E-state index contributed by atoms with van der Waals surface area (Å²) in [4.78, 5) is 0. The van der Waals surface area contributed by atoms with Gasteiger partial charge in [-0.3, -0.25) is 0 Å². The van der Waals surface area contributed by atoms with E-state index in [2.05, 4.69) is 0 Å². The Kier molecular flexibility index (Phi) is 6.43. The molecule has 0 unspecified atom stereocenters. The van der Waals surface area contributed by atoms with Crippen molar-refractivity contribution >= 4 is 0 Å². The van der Waals surface area contributed by atoms with E-state index in [4.69, 9.17) is 19.9 Å². The van der Waals surface area contributed by atoms with Gasteiger partial charge in [-0.25, -0.2) is 0 Å². The van der Waals surface area contributed by atoms with Crippen molar-refractivity contribution in [2.45, 2.75) is 12.8 Å². The number of benzene rings is 1. The zero-order valence-electron chi connectivity index (χ0n) is 10.6. The molecule has 0 fully saturated rings. The smallest absolute Gasteiger partial charge is 0.164 e.